The number of thiazole rings is 1. The van der Waals surface area contributed by atoms with E-state index in [1.165, 1.54) is 11.3 Å². The Balaban J connectivity index is 1.59. The molecule has 7 nitrogen and oxygen atoms in total. The third-order valence-electron chi connectivity index (χ3n) is 6.88. The Morgan fingerprint density at radius 2 is 1.91 bits per heavy atom. The van der Waals surface area contributed by atoms with Gasteiger partial charge in [-0.3, -0.25) is 9.36 Å². The number of nitrogens with zero attached hydrogens (tertiary/aromatic N) is 2. The van der Waals surface area contributed by atoms with Gasteiger partial charge in [0.25, 0.3) is 5.56 Å². The van der Waals surface area contributed by atoms with Crippen molar-refractivity contribution >= 4 is 50.9 Å². The van der Waals surface area contributed by atoms with Crippen LogP contribution in [0.4, 0.5) is 0 Å². The van der Waals surface area contributed by atoms with Crippen LogP contribution in [-0.4, -0.2) is 23.2 Å². The number of aryl methyl sites for hydroxylation is 1. The van der Waals surface area contributed by atoms with Crippen LogP contribution in [0, 0.1) is 6.92 Å². The summed E-state index contributed by atoms with van der Waals surface area (Å²) in [5, 5.41) is 0.407. The van der Waals surface area contributed by atoms with Crippen LogP contribution in [0.5, 0.6) is 11.5 Å². The average molecular weight is 696 g/mol. The first-order valence-electron chi connectivity index (χ1n) is 14.2. The van der Waals surface area contributed by atoms with E-state index in [0.717, 1.165) is 11.1 Å². The van der Waals surface area contributed by atoms with E-state index < -0.39 is 12.0 Å². The lowest BCUT2D eigenvalue weighted by atomic mass is 9.95. The van der Waals surface area contributed by atoms with Crippen LogP contribution in [0.15, 0.2) is 86.2 Å². The number of hydrogen-bond donors (Lipinski definition) is 0. The number of ether oxygens (including phenoxy) is 3. The van der Waals surface area contributed by atoms with Crippen molar-refractivity contribution in [3.63, 3.8) is 0 Å². The van der Waals surface area contributed by atoms with Crippen LogP contribution < -0.4 is 24.4 Å². The van der Waals surface area contributed by atoms with Gasteiger partial charge in [-0.05, 0) is 86.0 Å². The van der Waals surface area contributed by atoms with Crippen molar-refractivity contribution in [3.8, 4) is 11.5 Å². The molecule has 1 aliphatic heterocycles. The van der Waals surface area contributed by atoms with Gasteiger partial charge < -0.3 is 14.2 Å². The quantitative estimate of drug-likeness (QED) is 0.178. The average Bonchev–Trinajstić information content (AvgIpc) is 3.26. The molecular weight excluding hydrogens is 664 g/mol. The maximum absolute atomic E-state index is 14.1. The molecule has 0 spiro atoms. The zero-order valence-corrected chi connectivity index (χ0v) is 28.2. The number of halogens is 2. The SMILES string of the molecule is CCOC(=O)C1=C(C)N=c2s/c(=C/c3cc(Cl)c(OCc4cccc(C)c4)c(Br)c3)c(=O)n2[C@@H]1c1ccccc1OC(C)C. The number of aromatic nitrogens is 1. The lowest BCUT2D eigenvalue weighted by Gasteiger charge is -2.26. The van der Waals surface area contributed by atoms with Crippen molar-refractivity contribution in [1.29, 1.82) is 0 Å². The molecule has 5 rings (SSSR count). The summed E-state index contributed by atoms with van der Waals surface area (Å²) in [6.45, 7) is 9.95. The van der Waals surface area contributed by atoms with Gasteiger partial charge in [0.2, 0.25) is 0 Å². The van der Waals surface area contributed by atoms with Crippen molar-refractivity contribution < 1.29 is 19.0 Å². The first-order valence-corrected chi connectivity index (χ1v) is 16.2. The molecule has 10 heteroatoms. The summed E-state index contributed by atoms with van der Waals surface area (Å²) in [4.78, 5) is 32.5. The van der Waals surface area contributed by atoms with E-state index in [9.17, 15) is 9.59 Å². The largest absolute Gasteiger partial charge is 0.491 e. The second-order valence-corrected chi connectivity index (χ2v) is 12.9. The molecule has 1 aliphatic rings. The highest BCUT2D eigenvalue weighted by Crippen LogP contribution is 2.37. The first kappa shape index (κ1) is 31.8. The Morgan fingerprint density at radius 3 is 2.61 bits per heavy atom. The van der Waals surface area contributed by atoms with E-state index in [1.807, 2.05) is 69.3 Å². The van der Waals surface area contributed by atoms with Crippen molar-refractivity contribution in [2.24, 2.45) is 4.99 Å². The van der Waals surface area contributed by atoms with Gasteiger partial charge in [0, 0.05) is 5.56 Å². The Morgan fingerprint density at radius 1 is 1.14 bits per heavy atom. The predicted molar refractivity (Wildman–Crippen MR) is 177 cm³/mol. The van der Waals surface area contributed by atoms with Gasteiger partial charge in [-0.1, -0.05) is 71.0 Å². The summed E-state index contributed by atoms with van der Waals surface area (Å²) in [7, 11) is 0. The molecule has 3 aromatic carbocycles. The van der Waals surface area contributed by atoms with Gasteiger partial charge in [-0.25, -0.2) is 9.79 Å². The first-order chi connectivity index (χ1) is 21.1. The predicted octanol–water partition coefficient (Wildman–Crippen LogP) is 6.89. The van der Waals surface area contributed by atoms with Gasteiger partial charge in [0.1, 0.15) is 18.4 Å². The Labute approximate surface area is 273 Å². The van der Waals surface area contributed by atoms with E-state index in [1.54, 1.807) is 30.6 Å². The summed E-state index contributed by atoms with van der Waals surface area (Å²) < 4.78 is 20.2. The van der Waals surface area contributed by atoms with Gasteiger partial charge in [-0.2, -0.15) is 0 Å². The van der Waals surface area contributed by atoms with Crippen LogP contribution in [-0.2, 0) is 16.1 Å². The van der Waals surface area contributed by atoms with Crippen LogP contribution in [0.2, 0.25) is 5.02 Å². The highest BCUT2D eigenvalue weighted by atomic mass is 79.9. The van der Waals surface area contributed by atoms with Crippen LogP contribution >= 0.6 is 38.9 Å². The number of esters is 1. The second-order valence-electron chi connectivity index (χ2n) is 10.6. The lowest BCUT2D eigenvalue weighted by molar-refractivity contribution is -0.139. The highest BCUT2D eigenvalue weighted by Gasteiger charge is 2.35. The molecule has 4 aromatic rings. The molecule has 44 heavy (non-hydrogen) atoms. The number of carbonyl (C=O) groups excluding carboxylic acids is 1. The fourth-order valence-electron chi connectivity index (χ4n) is 5.06. The Kier molecular flexibility index (Phi) is 9.78. The molecule has 2 heterocycles. The summed E-state index contributed by atoms with van der Waals surface area (Å²) in [6.07, 6.45) is 1.65. The fraction of sp³-hybridized carbons (Fsp3) is 0.265. The second kappa shape index (κ2) is 13.5. The van der Waals surface area contributed by atoms with E-state index in [4.69, 9.17) is 25.8 Å². The van der Waals surface area contributed by atoms with Crippen LogP contribution in [0.1, 0.15) is 56.0 Å². The third-order valence-corrected chi connectivity index (χ3v) is 8.73. The molecule has 0 saturated heterocycles. The van der Waals surface area contributed by atoms with Crippen molar-refractivity contribution in [2.75, 3.05) is 6.61 Å². The Bertz CT molecular complexity index is 1920. The van der Waals surface area contributed by atoms with Gasteiger partial charge in [0.15, 0.2) is 10.6 Å². The van der Waals surface area contributed by atoms with Gasteiger partial charge in [0.05, 0.1) is 38.0 Å². The highest BCUT2D eigenvalue weighted by molar-refractivity contribution is 9.10. The molecular formula is C34H32BrClN2O5S. The molecule has 1 atom stereocenters. The minimum Gasteiger partial charge on any atom is -0.491 e. The molecule has 1 aromatic heterocycles. The zero-order valence-electron chi connectivity index (χ0n) is 25.0. The third kappa shape index (κ3) is 6.70. The number of allylic oxidation sites excluding steroid dienone is 1. The molecule has 0 fully saturated rings. The number of para-hydroxylation sites is 1. The standard InChI is InChI=1S/C34H32BrClN2O5S/c1-6-41-33(40)29-21(5)37-34-38(30(29)24-12-7-8-13-27(24)43-19(2)3)32(39)28(44-34)17-23-15-25(35)31(26(36)16-23)42-18-22-11-9-10-20(4)14-22/h7-17,19,30H,6,18H2,1-5H3/b28-17+/t30-/m1/s1. The summed E-state index contributed by atoms with van der Waals surface area (Å²) in [5.41, 5.74) is 4.05. The van der Waals surface area contributed by atoms with Gasteiger partial charge in [-0.15, -0.1) is 0 Å². The topological polar surface area (TPSA) is 79.1 Å². The van der Waals surface area contributed by atoms with E-state index in [-0.39, 0.29) is 18.3 Å². The fourth-order valence-corrected chi connectivity index (χ4v) is 7.10. The minimum atomic E-state index is -0.782. The molecule has 228 valence electrons. The monoisotopic (exact) mass is 694 g/mol. The van der Waals surface area contributed by atoms with Crippen LogP contribution in [0.25, 0.3) is 6.08 Å². The number of benzene rings is 3. The van der Waals surface area contributed by atoms with Crippen molar-refractivity contribution in [3.05, 3.63) is 123 Å². The summed E-state index contributed by atoms with van der Waals surface area (Å²) >= 11 is 11.5. The molecule has 0 amide bonds. The van der Waals surface area contributed by atoms with Crippen molar-refractivity contribution in [2.45, 2.75) is 53.4 Å². The van der Waals surface area contributed by atoms with Gasteiger partial charge >= 0.3 is 5.97 Å². The van der Waals surface area contributed by atoms with Crippen molar-refractivity contribution in [1.82, 2.24) is 4.57 Å². The van der Waals surface area contributed by atoms with E-state index in [0.29, 0.717) is 59.3 Å². The maximum atomic E-state index is 14.1. The normalized spacial score (nSPS) is 14.8. The number of hydrogen-bond acceptors (Lipinski definition) is 7. The summed E-state index contributed by atoms with van der Waals surface area (Å²) in [5.74, 6) is 0.572. The molecule has 0 bridgehead atoms. The van der Waals surface area contributed by atoms with E-state index >= 15 is 0 Å². The van der Waals surface area contributed by atoms with E-state index in [2.05, 4.69) is 27.0 Å². The lowest BCUT2D eigenvalue weighted by Crippen LogP contribution is -2.40. The zero-order chi connectivity index (χ0) is 31.5. The summed E-state index contributed by atoms with van der Waals surface area (Å²) in [6, 6.07) is 18.3. The smallest absolute Gasteiger partial charge is 0.338 e. The minimum absolute atomic E-state index is 0.116. The maximum Gasteiger partial charge on any atom is 0.338 e. The molecule has 0 N–H and O–H groups in total. The molecule has 0 radical (unpaired) electrons. The molecule has 0 saturated carbocycles. The van der Waals surface area contributed by atoms with Crippen LogP contribution in [0.3, 0.4) is 0 Å². The molecule has 0 unspecified atom stereocenters. The number of rotatable bonds is 9. The number of fused-ring (bicyclic) bond motifs is 1. The number of carbonyl (C=O) groups is 1. The molecule has 0 aliphatic carbocycles. The Hall–Kier alpha value is -3.66.